The summed E-state index contributed by atoms with van der Waals surface area (Å²) in [6, 6.07) is 16.3. The third kappa shape index (κ3) is 5.07. The van der Waals surface area contributed by atoms with Crippen molar-refractivity contribution in [3.05, 3.63) is 59.7 Å². The SMILES string of the molecule is COC(CCNC(=O)CC1(NC(=O)OCC2c3ccccc3-c3ccccc32)CCC1)C(=O)O. The molecule has 34 heavy (non-hydrogen) atoms. The number of rotatable bonds is 10. The molecule has 8 nitrogen and oxygen atoms in total. The van der Waals surface area contributed by atoms with Gasteiger partial charge in [-0.25, -0.2) is 9.59 Å². The molecule has 1 fully saturated rings. The number of fused-ring (bicyclic) bond motifs is 3. The Labute approximate surface area is 198 Å². The van der Waals surface area contributed by atoms with E-state index in [4.69, 9.17) is 14.6 Å². The maximum Gasteiger partial charge on any atom is 0.407 e. The lowest BCUT2D eigenvalue weighted by atomic mass is 9.74. The number of hydrogen-bond acceptors (Lipinski definition) is 5. The number of alkyl carbamates (subject to hydrolysis) is 1. The largest absolute Gasteiger partial charge is 0.479 e. The van der Waals surface area contributed by atoms with Crippen LogP contribution in [0.15, 0.2) is 48.5 Å². The van der Waals surface area contributed by atoms with Gasteiger partial charge in [0.1, 0.15) is 6.61 Å². The Hall–Kier alpha value is -3.39. The average molecular weight is 467 g/mol. The van der Waals surface area contributed by atoms with Gasteiger partial charge in [-0.3, -0.25) is 4.79 Å². The molecule has 0 aliphatic heterocycles. The lowest BCUT2D eigenvalue weighted by molar-refractivity contribution is -0.149. The zero-order valence-electron chi connectivity index (χ0n) is 19.2. The number of carboxylic acid groups (broad SMARTS) is 1. The molecule has 4 rings (SSSR count). The summed E-state index contributed by atoms with van der Waals surface area (Å²) in [6.45, 7) is 0.403. The van der Waals surface area contributed by atoms with Crippen LogP contribution in [-0.4, -0.2) is 55.0 Å². The smallest absolute Gasteiger partial charge is 0.407 e. The predicted molar refractivity (Wildman–Crippen MR) is 125 cm³/mol. The van der Waals surface area contributed by atoms with Crippen LogP contribution < -0.4 is 10.6 Å². The molecule has 2 aromatic rings. The molecule has 2 aliphatic carbocycles. The summed E-state index contributed by atoms with van der Waals surface area (Å²) in [5.41, 5.74) is 3.99. The fourth-order valence-electron chi connectivity index (χ4n) is 4.86. The molecule has 3 N–H and O–H groups in total. The van der Waals surface area contributed by atoms with Crippen LogP contribution in [0.25, 0.3) is 11.1 Å². The second-order valence-corrected chi connectivity index (χ2v) is 8.96. The van der Waals surface area contributed by atoms with Gasteiger partial charge in [0.25, 0.3) is 0 Å². The van der Waals surface area contributed by atoms with Crippen molar-refractivity contribution in [1.29, 1.82) is 0 Å². The van der Waals surface area contributed by atoms with Crippen LogP contribution in [0.5, 0.6) is 0 Å². The van der Waals surface area contributed by atoms with Crippen molar-refractivity contribution < 1.29 is 29.0 Å². The first-order chi connectivity index (χ1) is 16.4. The molecule has 0 bridgehead atoms. The van der Waals surface area contributed by atoms with E-state index in [1.165, 1.54) is 7.11 Å². The second-order valence-electron chi connectivity index (χ2n) is 8.96. The minimum absolute atomic E-state index is 0.0262. The Kier molecular flexibility index (Phi) is 7.17. The van der Waals surface area contributed by atoms with Gasteiger partial charge in [-0.15, -0.1) is 0 Å². The molecule has 8 heteroatoms. The zero-order chi connectivity index (χ0) is 24.1. The number of nitrogens with one attached hydrogen (secondary N) is 2. The Morgan fingerprint density at radius 2 is 1.68 bits per heavy atom. The highest BCUT2D eigenvalue weighted by Crippen LogP contribution is 2.44. The number of aliphatic carboxylic acids is 1. The van der Waals surface area contributed by atoms with Gasteiger partial charge in [0.2, 0.25) is 5.91 Å². The molecule has 2 amide bonds. The molecule has 0 heterocycles. The number of benzene rings is 2. The summed E-state index contributed by atoms with van der Waals surface area (Å²) < 4.78 is 10.5. The van der Waals surface area contributed by atoms with Crippen molar-refractivity contribution in [1.82, 2.24) is 10.6 Å². The molecule has 1 saturated carbocycles. The van der Waals surface area contributed by atoms with Crippen molar-refractivity contribution in [2.75, 3.05) is 20.3 Å². The van der Waals surface area contributed by atoms with Gasteiger partial charge in [-0.2, -0.15) is 0 Å². The Balaban J connectivity index is 1.30. The van der Waals surface area contributed by atoms with E-state index in [1.54, 1.807) is 0 Å². The van der Waals surface area contributed by atoms with Gasteiger partial charge >= 0.3 is 12.1 Å². The minimum atomic E-state index is -1.07. The normalized spacial score (nSPS) is 16.5. The third-order valence-electron chi connectivity index (χ3n) is 6.81. The zero-order valence-corrected chi connectivity index (χ0v) is 19.2. The Morgan fingerprint density at radius 3 is 2.21 bits per heavy atom. The van der Waals surface area contributed by atoms with E-state index in [0.29, 0.717) is 12.8 Å². The van der Waals surface area contributed by atoms with Crippen LogP contribution in [0.4, 0.5) is 4.79 Å². The molecular weight excluding hydrogens is 436 g/mol. The summed E-state index contributed by atoms with van der Waals surface area (Å²) in [5.74, 6) is -1.33. The minimum Gasteiger partial charge on any atom is -0.479 e. The first-order valence-electron chi connectivity index (χ1n) is 11.6. The monoisotopic (exact) mass is 466 g/mol. The number of ether oxygens (including phenoxy) is 2. The summed E-state index contributed by atoms with van der Waals surface area (Å²) in [4.78, 5) is 36.1. The Bertz CT molecular complexity index is 1020. The average Bonchev–Trinajstić information content (AvgIpc) is 3.12. The van der Waals surface area contributed by atoms with Crippen LogP contribution in [0.2, 0.25) is 0 Å². The van der Waals surface area contributed by atoms with E-state index in [-0.39, 0.29) is 37.8 Å². The van der Waals surface area contributed by atoms with Crippen LogP contribution in [0.3, 0.4) is 0 Å². The molecule has 2 aromatic carbocycles. The van der Waals surface area contributed by atoms with E-state index in [2.05, 4.69) is 34.9 Å². The van der Waals surface area contributed by atoms with Crippen LogP contribution in [0, 0.1) is 0 Å². The van der Waals surface area contributed by atoms with Crippen LogP contribution in [-0.2, 0) is 19.1 Å². The first-order valence-corrected chi connectivity index (χ1v) is 11.6. The highest BCUT2D eigenvalue weighted by molar-refractivity contribution is 5.80. The number of carbonyl (C=O) groups is 3. The van der Waals surface area contributed by atoms with E-state index in [9.17, 15) is 14.4 Å². The molecular formula is C26H30N2O6. The van der Waals surface area contributed by atoms with Crippen LogP contribution in [0.1, 0.15) is 49.1 Å². The van der Waals surface area contributed by atoms with E-state index in [0.717, 1.165) is 28.7 Å². The third-order valence-corrected chi connectivity index (χ3v) is 6.81. The number of hydrogen-bond donors (Lipinski definition) is 3. The molecule has 0 radical (unpaired) electrons. The second kappa shape index (κ2) is 10.3. The van der Waals surface area contributed by atoms with Gasteiger partial charge < -0.3 is 25.2 Å². The highest BCUT2D eigenvalue weighted by Gasteiger charge is 2.41. The van der Waals surface area contributed by atoms with Gasteiger partial charge in [0, 0.05) is 32.4 Å². The van der Waals surface area contributed by atoms with Gasteiger partial charge in [0.05, 0.1) is 5.54 Å². The number of carbonyl (C=O) groups excluding carboxylic acids is 2. The van der Waals surface area contributed by atoms with Crippen LogP contribution >= 0.6 is 0 Å². The van der Waals surface area contributed by atoms with Gasteiger partial charge in [-0.1, -0.05) is 48.5 Å². The quantitative estimate of drug-likeness (QED) is 0.494. The maximum absolute atomic E-state index is 12.7. The lowest BCUT2D eigenvalue weighted by Gasteiger charge is -2.41. The number of carboxylic acids is 1. The number of amides is 2. The molecule has 0 aromatic heterocycles. The molecule has 180 valence electrons. The Morgan fingerprint density at radius 1 is 1.06 bits per heavy atom. The fraction of sp³-hybridized carbons (Fsp3) is 0.423. The topological polar surface area (TPSA) is 114 Å². The van der Waals surface area contributed by atoms with E-state index in [1.807, 2.05) is 24.3 Å². The van der Waals surface area contributed by atoms with Crippen molar-refractivity contribution in [3.8, 4) is 11.1 Å². The molecule has 2 aliphatic rings. The summed E-state index contributed by atoms with van der Waals surface area (Å²) in [6.07, 6.45) is 1.12. The van der Waals surface area contributed by atoms with Gasteiger partial charge in [-0.05, 0) is 41.5 Å². The summed E-state index contributed by atoms with van der Waals surface area (Å²) in [7, 11) is 1.32. The van der Waals surface area contributed by atoms with E-state index < -0.39 is 23.7 Å². The molecule has 1 unspecified atom stereocenters. The van der Waals surface area contributed by atoms with Crippen molar-refractivity contribution >= 4 is 18.0 Å². The standard InChI is InChI=1S/C26H30N2O6/c1-33-22(24(30)31)11-14-27-23(29)15-26(12-6-13-26)28-25(32)34-16-21-19-9-4-2-7-17(19)18-8-3-5-10-20(18)21/h2-5,7-10,21-22H,6,11-16H2,1H3,(H,27,29)(H,28,32)(H,30,31). The summed E-state index contributed by atoms with van der Waals surface area (Å²) in [5, 5.41) is 14.7. The van der Waals surface area contributed by atoms with Crippen molar-refractivity contribution in [3.63, 3.8) is 0 Å². The van der Waals surface area contributed by atoms with Gasteiger partial charge in [0.15, 0.2) is 6.10 Å². The molecule has 1 atom stereocenters. The molecule has 0 spiro atoms. The lowest BCUT2D eigenvalue weighted by Crippen LogP contribution is -2.56. The number of methoxy groups -OCH3 is 1. The van der Waals surface area contributed by atoms with Crippen molar-refractivity contribution in [2.24, 2.45) is 0 Å². The van der Waals surface area contributed by atoms with Crippen molar-refractivity contribution in [2.45, 2.75) is 49.7 Å². The fourth-order valence-corrected chi connectivity index (χ4v) is 4.86. The maximum atomic E-state index is 12.7. The van der Waals surface area contributed by atoms with E-state index >= 15 is 0 Å². The highest BCUT2D eigenvalue weighted by atomic mass is 16.5. The molecule has 0 saturated heterocycles. The first kappa shape index (κ1) is 23.8. The summed E-state index contributed by atoms with van der Waals surface area (Å²) >= 11 is 0. The predicted octanol–water partition coefficient (Wildman–Crippen LogP) is 3.44.